The molecule has 0 spiro atoms. The molecule has 0 aliphatic carbocycles. The van der Waals surface area contributed by atoms with E-state index < -0.39 is 12.1 Å². The lowest BCUT2D eigenvalue weighted by Gasteiger charge is -2.11. The molecule has 1 atom stereocenters. The number of carbonyl (C=O) groups is 1. The quantitative estimate of drug-likeness (QED) is 0.834. The van der Waals surface area contributed by atoms with Crippen LogP contribution >= 0.6 is 11.6 Å². The van der Waals surface area contributed by atoms with Gasteiger partial charge in [0.05, 0.1) is 18.2 Å². The first-order valence-corrected chi connectivity index (χ1v) is 5.15. The Balaban J connectivity index is 2.72. The van der Waals surface area contributed by atoms with Crippen LogP contribution in [0.25, 0.3) is 0 Å². The van der Waals surface area contributed by atoms with Crippen molar-refractivity contribution in [2.24, 2.45) is 0 Å². The van der Waals surface area contributed by atoms with E-state index in [1.807, 2.05) is 0 Å². The molecule has 0 radical (unpaired) electrons. The van der Waals surface area contributed by atoms with E-state index in [1.54, 1.807) is 18.2 Å². The Labute approximate surface area is 98.4 Å². The van der Waals surface area contributed by atoms with Gasteiger partial charge in [-0.15, -0.1) is 0 Å². The van der Waals surface area contributed by atoms with E-state index in [-0.39, 0.29) is 12.8 Å². The summed E-state index contributed by atoms with van der Waals surface area (Å²) in [4.78, 5) is 10.3. The summed E-state index contributed by atoms with van der Waals surface area (Å²) in [6, 6.07) is 4.88. The molecule has 1 unspecified atom stereocenters. The molecule has 1 aromatic carbocycles. The summed E-state index contributed by atoms with van der Waals surface area (Å²) < 4.78 is 4.97. The highest BCUT2D eigenvalue weighted by Gasteiger charge is 2.11. The molecular formula is C11H13ClO4. The Morgan fingerprint density at radius 2 is 2.25 bits per heavy atom. The van der Waals surface area contributed by atoms with Crippen LogP contribution in [0.15, 0.2) is 18.2 Å². The summed E-state index contributed by atoms with van der Waals surface area (Å²) in [5, 5.41) is 18.6. The predicted octanol–water partition coefficient (Wildman–Crippen LogP) is 2.25. The van der Waals surface area contributed by atoms with Gasteiger partial charge in [0, 0.05) is 6.42 Å². The van der Waals surface area contributed by atoms with E-state index >= 15 is 0 Å². The number of ether oxygens (including phenoxy) is 1. The molecule has 0 heterocycles. The molecule has 1 aromatic rings. The highest BCUT2D eigenvalue weighted by atomic mass is 35.5. The molecule has 16 heavy (non-hydrogen) atoms. The molecule has 0 aliphatic heterocycles. The van der Waals surface area contributed by atoms with Crippen LogP contribution in [0.4, 0.5) is 0 Å². The third-order valence-electron chi connectivity index (χ3n) is 2.19. The Bertz CT molecular complexity index is 378. The fourth-order valence-corrected chi connectivity index (χ4v) is 1.58. The maximum Gasteiger partial charge on any atom is 0.303 e. The highest BCUT2D eigenvalue weighted by Crippen LogP contribution is 2.28. The van der Waals surface area contributed by atoms with Crippen LogP contribution in [0.2, 0.25) is 5.02 Å². The van der Waals surface area contributed by atoms with Crippen LogP contribution in [0.1, 0.15) is 24.5 Å². The standard InChI is InChI=1S/C11H13ClO4/c1-16-10-4-2-7(6-8(10)12)9(13)3-5-11(14)15/h2,4,6,9,13H,3,5H2,1H3,(H,14,15). The minimum Gasteiger partial charge on any atom is -0.495 e. The van der Waals surface area contributed by atoms with Crippen molar-refractivity contribution in [2.45, 2.75) is 18.9 Å². The van der Waals surface area contributed by atoms with Crippen LogP contribution < -0.4 is 4.74 Å². The molecule has 0 aliphatic rings. The van der Waals surface area contributed by atoms with E-state index in [2.05, 4.69) is 0 Å². The lowest BCUT2D eigenvalue weighted by atomic mass is 10.0. The van der Waals surface area contributed by atoms with E-state index in [0.29, 0.717) is 16.3 Å². The third-order valence-corrected chi connectivity index (χ3v) is 2.49. The second-order valence-corrected chi connectivity index (χ2v) is 3.75. The topological polar surface area (TPSA) is 66.8 Å². The molecule has 4 nitrogen and oxygen atoms in total. The Kier molecular flexibility index (Phi) is 4.58. The molecule has 0 bridgehead atoms. The Hall–Kier alpha value is -1.26. The minimum atomic E-state index is -0.932. The molecule has 88 valence electrons. The molecule has 0 fully saturated rings. The molecule has 0 amide bonds. The number of carboxylic acid groups (broad SMARTS) is 1. The summed E-state index contributed by atoms with van der Waals surface area (Å²) in [5.74, 6) is -0.408. The smallest absolute Gasteiger partial charge is 0.303 e. The fourth-order valence-electron chi connectivity index (χ4n) is 1.32. The van der Waals surface area contributed by atoms with Crippen LogP contribution in [0, 0.1) is 0 Å². The largest absolute Gasteiger partial charge is 0.495 e. The van der Waals surface area contributed by atoms with E-state index in [0.717, 1.165) is 0 Å². The lowest BCUT2D eigenvalue weighted by molar-refractivity contribution is -0.137. The van der Waals surface area contributed by atoms with Gasteiger partial charge in [0.1, 0.15) is 5.75 Å². The normalized spacial score (nSPS) is 12.2. The van der Waals surface area contributed by atoms with Gasteiger partial charge in [0.15, 0.2) is 0 Å². The van der Waals surface area contributed by atoms with Crippen molar-refractivity contribution < 1.29 is 19.7 Å². The lowest BCUT2D eigenvalue weighted by Crippen LogP contribution is -2.02. The fraction of sp³-hybridized carbons (Fsp3) is 0.364. The first-order chi connectivity index (χ1) is 7.54. The number of aliphatic carboxylic acids is 1. The highest BCUT2D eigenvalue weighted by molar-refractivity contribution is 6.32. The zero-order valence-electron chi connectivity index (χ0n) is 8.81. The van der Waals surface area contributed by atoms with Crippen molar-refractivity contribution >= 4 is 17.6 Å². The summed E-state index contributed by atoms with van der Waals surface area (Å²) in [6.45, 7) is 0. The van der Waals surface area contributed by atoms with E-state index in [9.17, 15) is 9.90 Å². The van der Waals surface area contributed by atoms with Gasteiger partial charge in [0.2, 0.25) is 0 Å². The number of hydrogen-bond donors (Lipinski definition) is 2. The van der Waals surface area contributed by atoms with Crippen molar-refractivity contribution in [3.8, 4) is 5.75 Å². The van der Waals surface area contributed by atoms with E-state index in [1.165, 1.54) is 7.11 Å². The first kappa shape index (κ1) is 12.8. The SMILES string of the molecule is COc1ccc(C(O)CCC(=O)O)cc1Cl. The number of aliphatic hydroxyl groups is 1. The van der Waals surface area contributed by atoms with Gasteiger partial charge < -0.3 is 14.9 Å². The number of hydrogen-bond acceptors (Lipinski definition) is 3. The maximum absolute atomic E-state index is 10.3. The van der Waals surface area contributed by atoms with Gasteiger partial charge in [-0.3, -0.25) is 4.79 Å². The molecule has 1 rings (SSSR count). The molecule has 2 N–H and O–H groups in total. The van der Waals surface area contributed by atoms with Gasteiger partial charge in [-0.2, -0.15) is 0 Å². The Morgan fingerprint density at radius 3 is 2.75 bits per heavy atom. The number of rotatable bonds is 5. The summed E-state index contributed by atoms with van der Waals surface area (Å²) in [7, 11) is 1.50. The molecular weight excluding hydrogens is 232 g/mol. The van der Waals surface area contributed by atoms with Crippen LogP contribution in [-0.4, -0.2) is 23.3 Å². The number of halogens is 1. The monoisotopic (exact) mass is 244 g/mol. The number of carboxylic acids is 1. The first-order valence-electron chi connectivity index (χ1n) is 4.78. The molecule has 0 aromatic heterocycles. The van der Waals surface area contributed by atoms with Gasteiger partial charge >= 0.3 is 5.97 Å². The van der Waals surface area contributed by atoms with Crippen molar-refractivity contribution in [3.05, 3.63) is 28.8 Å². The molecule has 0 saturated carbocycles. The zero-order chi connectivity index (χ0) is 12.1. The van der Waals surface area contributed by atoms with Gasteiger partial charge in [-0.05, 0) is 24.1 Å². The average molecular weight is 245 g/mol. The van der Waals surface area contributed by atoms with Crippen molar-refractivity contribution in [1.82, 2.24) is 0 Å². The number of benzene rings is 1. The minimum absolute atomic E-state index is 0.0786. The summed E-state index contributed by atoms with van der Waals surface area (Å²) in [6.07, 6.45) is -0.734. The van der Waals surface area contributed by atoms with Gasteiger partial charge in [-0.1, -0.05) is 17.7 Å². The van der Waals surface area contributed by atoms with E-state index in [4.69, 9.17) is 21.4 Å². The Morgan fingerprint density at radius 1 is 1.56 bits per heavy atom. The van der Waals surface area contributed by atoms with Crippen LogP contribution in [0.3, 0.4) is 0 Å². The summed E-state index contributed by atoms with van der Waals surface area (Å²) in [5.41, 5.74) is 0.590. The number of aliphatic hydroxyl groups excluding tert-OH is 1. The van der Waals surface area contributed by atoms with Crippen LogP contribution in [0.5, 0.6) is 5.75 Å². The zero-order valence-corrected chi connectivity index (χ0v) is 9.57. The van der Waals surface area contributed by atoms with Crippen molar-refractivity contribution in [2.75, 3.05) is 7.11 Å². The predicted molar refractivity (Wildman–Crippen MR) is 59.8 cm³/mol. The summed E-state index contributed by atoms with van der Waals surface area (Å²) >= 11 is 5.88. The molecule has 0 saturated heterocycles. The van der Waals surface area contributed by atoms with Gasteiger partial charge in [0.25, 0.3) is 0 Å². The van der Waals surface area contributed by atoms with Crippen LogP contribution in [-0.2, 0) is 4.79 Å². The third kappa shape index (κ3) is 3.40. The molecule has 5 heteroatoms. The second kappa shape index (κ2) is 5.72. The van der Waals surface area contributed by atoms with Crippen molar-refractivity contribution in [3.63, 3.8) is 0 Å². The average Bonchev–Trinajstić information content (AvgIpc) is 2.25. The van der Waals surface area contributed by atoms with Gasteiger partial charge in [-0.25, -0.2) is 0 Å². The van der Waals surface area contributed by atoms with Crippen molar-refractivity contribution in [1.29, 1.82) is 0 Å². The maximum atomic E-state index is 10.3. The number of methoxy groups -OCH3 is 1. The second-order valence-electron chi connectivity index (χ2n) is 3.34.